The summed E-state index contributed by atoms with van der Waals surface area (Å²) in [5.74, 6) is -3.20. The number of carbonyl (C=O) groups is 2. The van der Waals surface area contributed by atoms with E-state index in [0.29, 0.717) is 0 Å². The molecule has 0 spiro atoms. The van der Waals surface area contributed by atoms with Crippen LogP contribution in [0.15, 0.2) is 16.2 Å². The van der Waals surface area contributed by atoms with Crippen LogP contribution >= 0.6 is 11.3 Å². The largest absolute Gasteiger partial charge is 0.501 e. The second-order valence-corrected chi connectivity index (χ2v) is 4.49. The van der Waals surface area contributed by atoms with Crippen molar-refractivity contribution < 1.29 is 24.5 Å². The Balaban J connectivity index is 2.67. The molecular formula is C11H8N2O6S. The fraction of sp³-hybridized carbons (Fsp3) is 0.0909. The lowest BCUT2D eigenvalue weighted by molar-refractivity contribution is 0.0589. The van der Waals surface area contributed by atoms with Crippen LogP contribution in [-0.4, -0.2) is 39.2 Å². The molecule has 0 radical (unpaired) electrons. The van der Waals surface area contributed by atoms with Gasteiger partial charge in [0, 0.05) is 0 Å². The highest BCUT2D eigenvalue weighted by Gasteiger charge is 2.22. The van der Waals surface area contributed by atoms with Crippen molar-refractivity contribution in [2.75, 3.05) is 7.11 Å². The third kappa shape index (κ3) is 2.26. The number of nitrogens with zero attached hydrogens (tertiary/aromatic N) is 1. The zero-order valence-corrected chi connectivity index (χ0v) is 10.9. The maximum atomic E-state index is 11.6. The maximum Gasteiger partial charge on any atom is 0.360 e. The van der Waals surface area contributed by atoms with Gasteiger partial charge in [-0.1, -0.05) is 0 Å². The predicted molar refractivity (Wildman–Crippen MR) is 68.1 cm³/mol. The van der Waals surface area contributed by atoms with Gasteiger partial charge in [-0.2, -0.15) is 0 Å². The molecule has 0 bridgehead atoms. The summed E-state index contributed by atoms with van der Waals surface area (Å²) in [5.41, 5.74) is -1.60. The van der Waals surface area contributed by atoms with Gasteiger partial charge >= 0.3 is 11.9 Å². The first-order chi connectivity index (χ1) is 9.45. The Morgan fingerprint density at radius 3 is 2.75 bits per heavy atom. The lowest BCUT2D eigenvalue weighted by Gasteiger charge is -2.04. The van der Waals surface area contributed by atoms with Crippen LogP contribution in [0.5, 0.6) is 5.75 Å². The van der Waals surface area contributed by atoms with E-state index in [4.69, 9.17) is 5.11 Å². The number of ether oxygens (including phenoxy) is 1. The van der Waals surface area contributed by atoms with Gasteiger partial charge in [-0.25, -0.2) is 14.6 Å². The Morgan fingerprint density at radius 2 is 2.15 bits per heavy atom. The van der Waals surface area contributed by atoms with Crippen molar-refractivity contribution in [3.05, 3.63) is 33.1 Å². The number of carboxylic acids is 1. The molecule has 2 aromatic rings. The number of carbonyl (C=O) groups excluding carboxylic acids is 1. The number of aromatic carboxylic acids is 1. The topological polar surface area (TPSA) is 130 Å². The van der Waals surface area contributed by atoms with E-state index >= 15 is 0 Å². The number of carboxylic acid groups (broad SMARTS) is 1. The number of thiophene rings is 1. The summed E-state index contributed by atoms with van der Waals surface area (Å²) in [4.78, 5) is 40.1. The minimum absolute atomic E-state index is 0.0698. The van der Waals surface area contributed by atoms with Crippen molar-refractivity contribution >= 4 is 23.3 Å². The molecule has 2 aromatic heterocycles. The maximum absolute atomic E-state index is 11.6. The normalized spacial score (nSPS) is 10.2. The summed E-state index contributed by atoms with van der Waals surface area (Å²) in [7, 11) is 1.07. The Morgan fingerprint density at radius 1 is 1.45 bits per heavy atom. The minimum Gasteiger partial charge on any atom is -0.501 e. The number of methoxy groups -OCH3 is 1. The van der Waals surface area contributed by atoms with E-state index in [0.717, 1.165) is 18.4 Å². The number of hydrogen-bond acceptors (Lipinski definition) is 7. The van der Waals surface area contributed by atoms with Crippen LogP contribution in [0.3, 0.4) is 0 Å². The third-order valence-corrected chi connectivity index (χ3v) is 3.31. The third-order valence-electron chi connectivity index (χ3n) is 2.38. The summed E-state index contributed by atoms with van der Waals surface area (Å²) in [6.45, 7) is 0. The summed E-state index contributed by atoms with van der Waals surface area (Å²) in [5, 5.41) is 20.0. The molecule has 20 heavy (non-hydrogen) atoms. The molecule has 2 heterocycles. The molecule has 0 aromatic carbocycles. The zero-order chi connectivity index (χ0) is 14.9. The number of esters is 1. The molecule has 2 rings (SSSR count). The predicted octanol–water partition coefficient (Wildman–Crippen LogP) is 0.689. The average Bonchev–Trinajstić information content (AvgIpc) is 2.90. The van der Waals surface area contributed by atoms with Gasteiger partial charge in [0.05, 0.1) is 17.6 Å². The monoisotopic (exact) mass is 296 g/mol. The molecule has 0 aliphatic carbocycles. The molecule has 0 atom stereocenters. The lowest BCUT2D eigenvalue weighted by atomic mass is 10.2. The standard InChI is InChI=1S/C11H8N2O6S/c1-19-11(18)5-6(14)9(15)13-8(12-5)7-4(10(16)17)2-3-20-7/h2-3,14H,1H3,(H,16,17)(H,12,13,15). The van der Waals surface area contributed by atoms with Gasteiger partial charge < -0.3 is 19.9 Å². The Hall–Kier alpha value is -2.68. The second kappa shape index (κ2) is 5.13. The first-order valence-corrected chi connectivity index (χ1v) is 6.06. The van der Waals surface area contributed by atoms with Crippen molar-refractivity contribution in [3.63, 3.8) is 0 Å². The van der Waals surface area contributed by atoms with E-state index < -0.39 is 28.9 Å². The van der Waals surface area contributed by atoms with Crippen molar-refractivity contribution in [3.8, 4) is 16.5 Å². The SMILES string of the molecule is COC(=O)c1nc(-c2sccc2C(=O)O)[nH]c(=O)c1O. The summed E-state index contributed by atoms with van der Waals surface area (Å²) >= 11 is 1.03. The number of nitrogens with one attached hydrogen (secondary N) is 1. The quantitative estimate of drug-likeness (QED) is 0.710. The van der Waals surface area contributed by atoms with Crippen LogP contribution in [0.4, 0.5) is 0 Å². The molecule has 3 N–H and O–H groups in total. The van der Waals surface area contributed by atoms with Crippen LogP contribution in [0.25, 0.3) is 10.7 Å². The average molecular weight is 296 g/mol. The highest BCUT2D eigenvalue weighted by molar-refractivity contribution is 7.13. The number of H-pyrrole nitrogens is 1. The molecule has 0 saturated carbocycles. The highest BCUT2D eigenvalue weighted by atomic mass is 32.1. The summed E-state index contributed by atoms with van der Waals surface area (Å²) in [6, 6.07) is 1.34. The van der Waals surface area contributed by atoms with Crippen molar-refractivity contribution in [2.45, 2.75) is 0 Å². The van der Waals surface area contributed by atoms with Crippen LogP contribution in [-0.2, 0) is 4.74 Å². The van der Waals surface area contributed by atoms with E-state index in [2.05, 4.69) is 14.7 Å². The van der Waals surface area contributed by atoms with Gasteiger partial charge in [0.25, 0.3) is 5.56 Å². The van der Waals surface area contributed by atoms with Crippen molar-refractivity contribution in [1.29, 1.82) is 0 Å². The van der Waals surface area contributed by atoms with E-state index in [1.807, 2.05) is 0 Å². The van der Waals surface area contributed by atoms with Gasteiger partial charge in [0.2, 0.25) is 5.75 Å². The fourth-order valence-corrected chi connectivity index (χ4v) is 2.31. The minimum atomic E-state index is -1.20. The number of aromatic nitrogens is 2. The first kappa shape index (κ1) is 13.7. The Kier molecular flexibility index (Phi) is 3.53. The van der Waals surface area contributed by atoms with E-state index in [9.17, 15) is 19.5 Å². The zero-order valence-electron chi connectivity index (χ0n) is 10.0. The van der Waals surface area contributed by atoms with Gasteiger partial charge in [-0.3, -0.25) is 4.79 Å². The van der Waals surface area contributed by atoms with Crippen molar-refractivity contribution in [2.24, 2.45) is 0 Å². The number of aromatic hydroxyl groups is 1. The molecule has 0 amide bonds. The van der Waals surface area contributed by atoms with E-state index in [-0.39, 0.29) is 16.3 Å². The first-order valence-electron chi connectivity index (χ1n) is 5.18. The molecule has 9 heteroatoms. The molecular weight excluding hydrogens is 288 g/mol. The molecule has 0 aliphatic heterocycles. The number of rotatable bonds is 3. The van der Waals surface area contributed by atoms with Crippen LogP contribution in [0.1, 0.15) is 20.8 Å². The van der Waals surface area contributed by atoms with Crippen LogP contribution < -0.4 is 5.56 Å². The lowest BCUT2D eigenvalue weighted by Crippen LogP contribution is -2.16. The number of hydrogen-bond donors (Lipinski definition) is 3. The molecule has 0 saturated heterocycles. The summed E-state index contributed by atoms with van der Waals surface area (Å²) < 4.78 is 4.40. The van der Waals surface area contributed by atoms with Gasteiger partial charge in [0.15, 0.2) is 11.5 Å². The highest BCUT2D eigenvalue weighted by Crippen LogP contribution is 2.27. The van der Waals surface area contributed by atoms with Gasteiger partial charge in [0.1, 0.15) is 0 Å². The Bertz CT molecular complexity index is 748. The second-order valence-electron chi connectivity index (χ2n) is 3.57. The molecule has 0 aliphatic rings. The van der Waals surface area contributed by atoms with Gasteiger partial charge in [-0.15, -0.1) is 11.3 Å². The smallest absolute Gasteiger partial charge is 0.360 e. The summed E-state index contributed by atoms with van der Waals surface area (Å²) in [6.07, 6.45) is 0. The van der Waals surface area contributed by atoms with E-state index in [1.54, 1.807) is 0 Å². The molecule has 104 valence electrons. The number of aromatic amines is 1. The van der Waals surface area contributed by atoms with Crippen LogP contribution in [0.2, 0.25) is 0 Å². The molecule has 0 fully saturated rings. The molecule has 0 unspecified atom stereocenters. The molecule has 8 nitrogen and oxygen atoms in total. The fourth-order valence-electron chi connectivity index (χ4n) is 1.47. The Labute approximate surface area is 115 Å². The van der Waals surface area contributed by atoms with Crippen LogP contribution in [0, 0.1) is 0 Å². The van der Waals surface area contributed by atoms with Crippen molar-refractivity contribution in [1.82, 2.24) is 9.97 Å². The van der Waals surface area contributed by atoms with E-state index in [1.165, 1.54) is 11.4 Å². The van der Waals surface area contributed by atoms with Gasteiger partial charge in [-0.05, 0) is 11.4 Å².